The zero-order valence-corrected chi connectivity index (χ0v) is 12.4. The zero-order valence-electron chi connectivity index (χ0n) is 11.6. The molecule has 20 heavy (non-hydrogen) atoms. The van der Waals surface area contributed by atoms with Crippen LogP contribution in [0.25, 0.3) is 0 Å². The van der Waals surface area contributed by atoms with Gasteiger partial charge >= 0.3 is 6.09 Å². The summed E-state index contributed by atoms with van der Waals surface area (Å²) in [5.74, 6) is 0. The van der Waals surface area contributed by atoms with Gasteiger partial charge < -0.3 is 10.1 Å². The predicted octanol–water partition coefficient (Wildman–Crippen LogP) is 4.49. The molecule has 106 valence electrons. The summed E-state index contributed by atoms with van der Waals surface area (Å²) in [6, 6.07) is 12.1. The number of nitrogens with one attached hydrogen (secondary N) is 2. The average molecular weight is 290 g/mol. The van der Waals surface area contributed by atoms with Gasteiger partial charge in [-0.3, -0.25) is 5.32 Å². The first-order valence-electron chi connectivity index (χ1n) is 6.48. The molecule has 1 aromatic carbocycles. The van der Waals surface area contributed by atoms with E-state index in [1.54, 1.807) is 11.3 Å². The standard InChI is InChI=1S/C15H18N2O2S/c1-3-13(14-8-5-9-20-14)16-11-6-4-7-12(10-11)17-15(18)19-2/h4-10,13,16H,3H2,1-2H3,(H,17,18). The minimum Gasteiger partial charge on any atom is -0.453 e. The van der Waals surface area contributed by atoms with Gasteiger partial charge in [-0.1, -0.05) is 19.1 Å². The number of thiophene rings is 1. The number of carbonyl (C=O) groups excluding carboxylic acids is 1. The van der Waals surface area contributed by atoms with E-state index >= 15 is 0 Å². The Bertz CT molecular complexity index is 555. The minimum atomic E-state index is -0.465. The van der Waals surface area contributed by atoms with Gasteiger partial charge in [0.2, 0.25) is 0 Å². The number of hydrogen-bond acceptors (Lipinski definition) is 4. The lowest BCUT2D eigenvalue weighted by Crippen LogP contribution is -2.12. The van der Waals surface area contributed by atoms with Crippen LogP contribution in [-0.4, -0.2) is 13.2 Å². The van der Waals surface area contributed by atoms with Crippen molar-refractivity contribution in [2.24, 2.45) is 0 Å². The fraction of sp³-hybridized carbons (Fsp3) is 0.267. The molecule has 2 aromatic rings. The number of rotatable bonds is 5. The summed E-state index contributed by atoms with van der Waals surface area (Å²) in [6.45, 7) is 2.15. The zero-order chi connectivity index (χ0) is 14.4. The van der Waals surface area contributed by atoms with Crippen LogP contribution in [0.1, 0.15) is 24.3 Å². The number of amides is 1. The van der Waals surface area contributed by atoms with E-state index in [1.165, 1.54) is 12.0 Å². The molecule has 4 nitrogen and oxygen atoms in total. The van der Waals surface area contributed by atoms with E-state index in [9.17, 15) is 4.79 Å². The van der Waals surface area contributed by atoms with Gasteiger partial charge in [-0.05, 0) is 36.1 Å². The molecule has 0 spiro atoms. The molecule has 0 bridgehead atoms. The highest BCUT2D eigenvalue weighted by molar-refractivity contribution is 7.10. The van der Waals surface area contributed by atoms with E-state index in [2.05, 4.69) is 39.8 Å². The lowest BCUT2D eigenvalue weighted by Gasteiger charge is -2.17. The van der Waals surface area contributed by atoms with E-state index in [1.807, 2.05) is 24.3 Å². The van der Waals surface area contributed by atoms with Gasteiger partial charge in [0.25, 0.3) is 0 Å². The molecule has 0 fully saturated rings. The van der Waals surface area contributed by atoms with Gasteiger partial charge in [-0.15, -0.1) is 11.3 Å². The third-order valence-electron chi connectivity index (χ3n) is 2.93. The van der Waals surface area contributed by atoms with Crippen molar-refractivity contribution in [3.05, 3.63) is 46.7 Å². The van der Waals surface area contributed by atoms with Crippen molar-refractivity contribution in [2.75, 3.05) is 17.7 Å². The molecule has 1 amide bonds. The number of hydrogen-bond donors (Lipinski definition) is 2. The number of ether oxygens (including phenoxy) is 1. The van der Waals surface area contributed by atoms with E-state index in [0.717, 1.165) is 12.1 Å². The Balaban J connectivity index is 2.08. The average Bonchev–Trinajstić information content (AvgIpc) is 2.99. The third-order valence-corrected chi connectivity index (χ3v) is 3.92. The van der Waals surface area contributed by atoms with Crippen LogP contribution in [0.2, 0.25) is 0 Å². The molecular formula is C15H18N2O2S. The summed E-state index contributed by atoms with van der Waals surface area (Å²) in [4.78, 5) is 12.5. The highest BCUT2D eigenvalue weighted by Gasteiger charge is 2.10. The van der Waals surface area contributed by atoms with Gasteiger partial charge in [-0.25, -0.2) is 4.79 Å². The molecule has 2 rings (SSSR count). The first kappa shape index (κ1) is 14.4. The van der Waals surface area contributed by atoms with Crippen molar-refractivity contribution < 1.29 is 9.53 Å². The highest BCUT2D eigenvalue weighted by atomic mass is 32.1. The van der Waals surface area contributed by atoms with Crippen LogP contribution >= 0.6 is 11.3 Å². The SMILES string of the molecule is CCC(Nc1cccc(NC(=O)OC)c1)c1cccs1. The van der Waals surface area contributed by atoms with Crippen molar-refractivity contribution in [3.63, 3.8) is 0 Å². The Labute approximate surface area is 122 Å². The Morgan fingerprint density at radius 1 is 1.30 bits per heavy atom. The molecule has 5 heteroatoms. The van der Waals surface area contributed by atoms with E-state index < -0.39 is 6.09 Å². The molecule has 2 N–H and O–H groups in total. The predicted molar refractivity (Wildman–Crippen MR) is 83.4 cm³/mol. The van der Waals surface area contributed by atoms with E-state index in [-0.39, 0.29) is 6.04 Å². The highest BCUT2D eigenvalue weighted by Crippen LogP contribution is 2.27. The first-order chi connectivity index (χ1) is 9.72. The molecule has 0 saturated carbocycles. The van der Waals surface area contributed by atoms with Crippen molar-refractivity contribution >= 4 is 28.8 Å². The molecule has 0 aliphatic heterocycles. The second-order valence-electron chi connectivity index (χ2n) is 4.32. The second kappa shape index (κ2) is 6.96. The Kier molecular flexibility index (Phi) is 5.01. The van der Waals surface area contributed by atoms with Crippen LogP contribution in [0.4, 0.5) is 16.2 Å². The summed E-state index contributed by atoms with van der Waals surface area (Å²) < 4.78 is 4.59. The van der Waals surface area contributed by atoms with Gasteiger partial charge in [0.15, 0.2) is 0 Å². The van der Waals surface area contributed by atoms with Crippen LogP contribution in [0.15, 0.2) is 41.8 Å². The second-order valence-corrected chi connectivity index (χ2v) is 5.30. The Hall–Kier alpha value is -2.01. The Morgan fingerprint density at radius 3 is 2.75 bits per heavy atom. The van der Waals surface area contributed by atoms with E-state index in [0.29, 0.717) is 5.69 Å². The maximum Gasteiger partial charge on any atom is 0.411 e. The Morgan fingerprint density at radius 2 is 2.10 bits per heavy atom. The molecular weight excluding hydrogens is 272 g/mol. The largest absolute Gasteiger partial charge is 0.453 e. The molecule has 1 atom stereocenters. The third kappa shape index (κ3) is 3.74. The summed E-state index contributed by atoms with van der Waals surface area (Å²) in [6.07, 6.45) is 0.530. The summed E-state index contributed by atoms with van der Waals surface area (Å²) in [7, 11) is 1.35. The lowest BCUT2D eigenvalue weighted by molar-refractivity contribution is 0.187. The maximum absolute atomic E-state index is 11.2. The topological polar surface area (TPSA) is 50.4 Å². The van der Waals surface area contributed by atoms with E-state index in [4.69, 9.17) is 0 Å². The van der Waals surface area contributed by atoms with Gasteiger partial charge in [0, 0.05) is 16.3 Å². The van der Waals surface area contributed by atoms with Crippen LogP contribution in [0.3, 0.4) is 0 Å². The van der Waals surface area contributed by atoms with Gasteiger partial charge in [-0.2, -0.15) is 0 Å². The molecule has 1 aromatic heterocycles. The molecule has 1 heterocycles. The molecule has 0 aliphatic rings. The first-order valence-corrected chi connectivity index (χ1v) is 7.36. The van der Waals surface area contributed by atoms with Gasteiger partial charge in [0.05, 0.1) is 13.2 Å². The quantitative estimate of drug-likeness (QED) is 0.853. The monoisotopic (exact) mass is 290 g/mol. The molecule has 0 saturated heterocycles. The molecule has 0 radical (unpaired) electrons. The number of anilines is 2. The van der Waals surface area contributed by atoms with Crippen molar-refractivity contribution in [1.29, 1.82) is 0 Å². The van der Waals surface area contributed by atoms with Crippen LogP contribution in [0.5, 0.6) is 0 Å². The summed E-state index contributed by atoms with van der Waals surface area (Å²) in [5, 5.41) is 8.22. The van der Waals surface area contributed by atoms with Crippen molar-refractivity contribution in [1.82, 2.24) is 0 Å². The normalized spacial score (nSPS) is 11.7. The molecule has 0 aliphatic carbocycles. The fourth-order valence-corrected chi connectivity index (χ4v) is 2.78. The fourth-order valence-electron chi connectivity index (χ4n) is 1.92. The number of carbonyl (C=O) groups is 1. The van der Waals surface area contributed by atoms with Crippen LogP contribution in [0, 0.1) is 0 Å². The number of methoxy groups -OCH3 is 1. The lowest BCUT2D eigenvalue weighted by atomic mass is 10.1. The van der Waals surface area contributed by atoms with Crippen LogP contribution < -0.4 is 10.6 Å². The maximum atomic E-state index is 11.2. The summed E-state index contributed by atoms with van der Waals surface area (Å²) in [5.41, 5.74) is 1.68. The van der Waals surface area contributed by atoms with Crippen molar-refractivity contribution in [3.8, 4) is 0 Å². The smallest absolute Gasteiger partial charge is 0.411 e. The van der Waals surface area contributed by atoms with Crippen molar-refractivity contribution in [2.45, 2.75) is 19.4 Å². The van der Waals surface area contributed by atoms with Gasteiger partial charge in [0.1, 0.15) is 0 Å². The van der Waals surface area contributed by atoms with Crippen LogP contribution in [-0.2, 0) is 4.74 Å². The minimum absolute atomic E-state index is 0.281. The molecule has 1 unspecified atom stereocenters. The summed E-state index contributed by atoms with van der Waals surface area (Å²) >= 11 is 1.74. The number of benzene rings is 1.